The minimum atomic E-state index is -4.14. The molecule has 3 aromatic rings. The first-order valence-corrected chi connectivity index (χ1v) is 14.8. The number of carbonyl (C=O) groups is 2. The molecular weight excluding hydrogens is 534 g/mol. The molecule has 0 aliphatic heterocycles. The lowest BCUT2D eigenvalue weighted by atomic mass is 10.1. The molecule has 0 aromatic heterocycles. The van der Waals surface area contributed by atoms with E-state index in [4.69, 9.17) is 11.6 Å². The Bertz CT molecular complexity index is 1410. The van der Waals surface area contributed by atoms with Crippen LogP contribution in [0.4, 0.5) is 5.69 Å². The second-order valence-corrected chi connectivity index (χ2v) is 12.0. The predicted molar refractivity (Wildman–Crippen MR) is 156 cm³/mol. The number of hydrogen-bond acceptors (Lipinski definition) is 4. The van der Waals surface area contributed by atoms with Crippen LogP contribution in [0.15, 0.2) is 77.7 Å². The second kappa shape index (κ2) is 13.1. The monoisotopic (exact) mass is 569 g/mol. The van der Waals surface area contributed by atoms with Gasteiger partial charge in [0.2, 0.25) is 11.8 Å². The van der Waals surface area contributed by atoms with Gasteiger partial charge in [0.15, 0.2) is 0 Å². The molecule has 0 saturated heterocycles. The second-order valence-electron chi connectivity index (χ2n) is 9.70. The molecule has 0 spiro atoms. The fourth-order valence-corrected chi connectivity index (χ4v) is 5.61. The summed E-state index contributed by atoms with van der Waals surface area (Å²) in [5.41, 5.74) is 2.87. The molecule has 0 aliphatic rings. The minimum Gasteiger partial charge on any atom is -0.352 e. The van der Waals surface area contributed by atoms with Crippen molar-refractivity contribution >= 4 is 39.1 Å². The molecule has 3 rings (SSSR count). The third-order valence-electron chi connectivity index (χ3n) is 6.82. The van der Waals surface area contributed by atoms with Gasteiger partial charge in [-0.25, -0.2) is 8.42 Å². The van der Waals surface area contributed by atoms with Crippen molar-refractivity contribution < 1.29 is 18.0 Å². The van der Waals surface area contributed by atoms with E-state index in [1.807, 2.05) is 52.0 Å². The van der Waals surface area contributed by atoms with Gasteiger partial charge in [0.25, 0.3) is 10.0 Å². The van der Waals surface area contributed by atoms with E-state index in [0.29, 0.717) is 5.02 Å². The van der Waals surface area contributed by atoms with Crippen LogP contribution in [0.3, 0.4) is 0 Å². The number of hydrogen-bond donors (Lipinski definition) is 1. The largest absolute Gasteiger partial charge is 0.352 e. The lowest BCUT2D eigenvalue weighted by Crippen LogP contribution is -2.52. The Morgan fingerprint density at radius 1 is 0.923 bits per heavy atom. The Morgan fingerprint density at radius 3 is 2.18 bits per heavy atom. The summed E-state index contributed by atoms with van der Waals surface area (Å²) in [7, 11) is -4.14. The number of anilines is 1. The first kappa shape index (κ1) is 30.2. The summed E-state index contributed by atoms with van der Waals surface area (Å²) in [6, 6.07) is 19.5. The van der Waals surface area contributed by atoms with Crippen LogP contribution in [0, 0.1) is 13.8 Å². The fraction of sp³-hybridized carbons (Fsp3) is 0.333. The Morgan fingerprint density at radius 2 is 1.56 bits per heavy atom. The van der Waals surface area contributed by atoms with E-state index in [9.17, 15) is 18.0 Å². The maximum Gasteiger partial charge on any atom is 0.264 e. The molecule has 0 aliphatic carbocycles. The first-order valence-electron chi connectivity index (χ1n) is 12.9. The summed E-state index contributed by atoms with van der Waals surface area (Å²) in [4.78, 5) is 28.6. The zero-order valence-corrected chi connectivity index (χ0v) is 24.6. The van der Waals surface area contributed by atoms with Crippen molar-refractivity contribution in [3.05, 3.63) is 94.5 Å². The van der Waals surface area contributed by atoms with E-state index >= 15 is 0 Å². The van der Waals surface area contributed by atoms with Crippen LogP contribution >= 0.6 is 11.6 Å². The van der Waals surface area contributed by atoms with Crippen molar-refractivity contribution in [2.45, 2.75) is 64.6 Å². The van der Waals surface area contributed by atoms with Crippen LogP contribution in [0.2, 0.25) is 5.02 Å². The molecule has 0 fully saturated rings. The molecule has 2 amide bonds. The molecule has 7 nitrogen and oxygen atoms in total. The topological polar surface area (TPSA) is 86.8 Å². The molecule has 0 saturated carbocycles. The third kappa shape index (κ3) is 7.40. The molecule has 0 bridgehead atoms. The predicted octanol–water partition coefficient (Wildman–Crippen LogP) is 5.48. The molecule has 0 heterocycles. The summed E-state index contributed by atoms with van der Waals surface area (Å²) in [5.74, 6) is -0.816. The van der Waals surface area contributed by atoms with Gasteiger partial charge in [0, 0.05) is 17.6 Å². The molecule has 1 N–H and O–H groups in total. The van der Waals surface area contributed by atoms with Gasteiger partial charge in [-0.1, -0.05) is 67.1 Å². The highest BCUT2D eigenvalue weighted by atomic mass is 35.5. The number of halogens is 1. The minimum absolute atomic E-state index is 0.0440. The average molecular weight is 570 g/mol. The van der Waals surface area contributed by atoms with Gasteiger partial charge in [-0.05, 0) is 75.1 Å². The summed E-state index contributed by atoms with van der Waals surface area (Å²) in [6.07, 6.45) is 0.738. The highest BCUT2D eigenvalue weighted by Crippen LogP contribution is 2.28. The van der Waals surface area contributed by atoms with Gasteiger partial charge in [-0.3, -0.25) is 13.9 Å². The number of rotatable bonds is 11. The summed E-state index contributed by atoms with van der Waals surface area (Å²) in [5, 5.41) is 3.32. The van der Waals surface area contributed by atoms with E-state index < -0.39 is 28.5 Å². The van der Waals surface area contributed by atoms with Crippen LogP contribution in [0.1, 0.15) is 43.9 Å². The summed E-state index contributed by atoms with van der Waals surface area (Å²) < 4.78 is 28.7. The van der Waals surface area contributed by atoms with E-state index in [1.165, 1.54) is 23.1 Å². The van der Waals surface area contributed by atoms with Gasteiger partial charge in [0.1, 0.15) is 12.6 Å². The number of amides is 2. The number of aryl methyl sites for hydroxylation is 2. The maximum atomic E-state index is 14.0. The molecule has 208 valence electrons. The van der Waals surface area contributed by atoms with Crippen LogP contribution in [-0.2, 0) is 26.2 Å². The Balaban J connectivity index is 2.05. The van der Waals surface area contributed by atoms with Gasteiger partial charge in [-0.15, -0.1) is 0 Å². The third-order valence-corrected chi connectivity index (χ3v) is 9.02. The maximum absolute atomic E-state index is 14.0. The van der Waals surface area contributed by atoms with E-state index in [1.54, 1.807) is 37.3 Å². The van der Waals surface area contributed by atoms with Gasteiger partial charge in [-0.2, -0.15) is 0 Å². The lowest BCUT2D eigenvalue weighted by Gasteiger charge is -2.33. The standard InChI is InChI=1S/C30H36ClN3O4S/c1-6-23(4)32-30(36)24(5)33(19-25-13-11-10-12-21(25)2)29(35)20-34(26-17-16-22(3)28(31)18-26)39(37,38)27-14-8-7-9-15-27/h7-18,23-24H,6,19-20H2,1-5H3,(H,32,36)/t23-,24+/m1/s1. The fourth-order valence-electron chi connectivity index (χ4n) is 4.00. The first-order chi connectivity index (χ1) is 18.4. The summed E-state index contributed by atoms with van der Waals surface area (Å²) >= 11 is 6.36. The van der Waals surface area contributed by atoms with E-state index in [0.717, 1.165) is 27.4 Å². The van der Waals surface area contributed by atoms with E-state index in [-0.39, 0.29) is 29.1 Å². The number of carbonyl (C=O) groups excluding carboxylic acids is 2. The normalized spacial score (nSPS) is 12.9. The van der Waals surface area contributed by atoms with Gasteiger partial charge >= 0.3 is 0 Å². The Kier molecular flexibility index (Phi) is 10.2. The summed E-state index contributed by atoms with van der Waals surface area (Å²) in [6.45, 7) is 8.90. The number of nitrogens with one attached hydrogen (secondary N) is 1. The van der Waals surface area contributed by atoms with Crippen LogP contribution in [0.5, 0.6) is 0 Å². The SMILES string of the molecule is CC[C@@H](C)NC(=O)[C@H](C)N(Cc1ccccc1C)C(=O)CN(c1ccc(C)c(Cl)c1)S(=O)(=O)c1ccccc1. The number of benzene rings is 3. The molecule has 2 atom stereocenters. The zero-order valence-electron chi connectivity index (χ0n) is 23.0. The molecule has 0 unspecified atom stereocenters. The van der Waals surface area contributed by atoms with Crippen LogP contribution in [-0.4, -0.2) is 43.8 Å². The average Bonchev–Trinajstić information content (AvgIpc) is 2.92. The zero-order chi connectivity index (χ0) is 28.7. The molecule has 39 heavy (non-hydrogen) atoms. The highest BCUT2D eigenvalue weighted by molar-refractivity contribution is 7.92. The molecule has 0 radical (unpaired) electrons. The van der Waals surface area contributed by atoms with Crippen molar-refractivity contribution in [1.29, 1.82) is 0 Å². The van der Waals surface area contributed by atoms with Crippen molar-refractivity contribution in [1.82, 2.24) is 10.2 Å². The lowest BCUT2D eigenvalue weighted by molar-refractivity contribution is -0.139. The van der Waals surface area contributed by atoms with Crippen molar-refractivity contribution in [2.75, 3.05) is 10.8 Å². The number of nitrogens with zero attached hydrogens (tertiary/aromatic N) is 2. The Labute approximate surface area is 236 Å². The highest BCUT2D eigenvalue weighted by Gasteiger charge is 2.33. The van der Waals surface area contributed by atoms with Crippen molar-refractivity contribution in [3.63, 3.8) is 0 Å². The number of sulfonamides is 1. The van der Waals surface area contributed by atoms with Gasteiger partial charge < -0.3 is 10.2 Å². The van der Waals surface area contributed by atoms with Crippen LogP contribution in [0.25, 0.3) is 0 Å². The molecule has 3 aromatic carbocycles. The van der Waals surface area contributed by atoms with Crippen molar-refractivity contribution in [3.8, 4) is 0 Å². The quantitative estimate of drug-likeness (QED) is 0.331. The van der Waals surface area contributed by atoms with Crippen molar-refractivity contribution in [2.24, 2.45) is 0 Å². The van der Waals surface area contributed by atoms with E-state index in [2.05, 4.69) is 5.32 Å². The molecule has 9 heteroatoms. The van der Waals surface area contributed by atoms with Gasteiger partial charge in [0.05, 0.1) is 10.6 Å². The Hall–Kier alpha value is -3.36. The molecular formula is C30H36ClN3O4S. The smallest absolute Gasteiger partial charge is 0.264 e. The van der Waals surface area contributed by atoms with Crippen LogP contribution < -0.4 is 9.62 Å².